The molecule has 1 atom stereocenters. The maximum atomic E-state index is 12.8. The first-order chi connectivity index (χ1) is 18.2. The molecule has 2 aromatic carbocycles. The summed E-state index contributed by atoms with van der Waals surface area (Å²) in [5.41, 5.74) is 2.94. The number of thioether (sulfide) groups is 1. The number of benzene rings is 2. The minimum absolute atomic E-state index is 0.0561. The molecule has 0 saturated heterocycles. The SMILES string of the molecule is Cc1ccc(-c2csc(NC(=O)CSc3n[nH]c([C@@H](NC(=O)c4cccc([N+](=O)[O-])c4)C(C)C)n3)n2)cc1. The van der Waals surface area contributed by atoms with Crippen LogP contribution in [0.3, 0.4) is 0 Å². The zero-order valence-corrected chi connectivity index (χ0v) is 22.4. The predicted molar refractivity (Wildman–Crippen MR) is 146 cm³/mol. The van der Waals surface area contributed by atoms with E-state index in [4.69, 9.17) is 0 Å². The number of nitrogens with zero attached hydrogens (tertiary/aromatic N) is 4. The van der Waals surface area contributed by atoms with Gasteiger partial charge in [0.25, 0.3) is 11.6 Å². The Labute approximate surface area is 226 Å². The standard InChI is InChI=1S/C25H25N7O4S2/c1-14(2)21(28-23(34)17-5-4-6-18(11-17)32(35)36)22-29-25(31-30-22)38-13-20(33)27-24-26-19(12-37-24)16-9-7-15(3)8-10-16/h4-12,14,21H,13H2,1-3H3,(H,28,34)(H,26,27,33)(H,29,30,31)/t21-/m0/s1. The van der Waals surface area contributed by atoms with E-state index in [2.05, 4.69) is 30.8 Å². The minimum Gasteiger partial charge on any atom is -0.342 e. The van der Waals surface area contributed by atoms with Gasteiger partial charge < -0.3 is 10.6 Å². The Balaban J connectivity index is 1.34. The van der Waals surface area contributed by atoms with E-state index < -0.39 is 16.9 Å². The quantitative estimate of drug-likeness (QED) is 0.141. The number of amides is 2. The number of rotatable bonds is 10. The summed E-state index contributed by atoms with van der Waals surface area (Å²) in [6.07, 6.45) is 0. The Hall–Kier alpha value is -4.10. The van der Waals surface area contributed by atoms with Crippen molar-refractivity contribution in [2.24, 2.45) is 5.92 Å². The van der Waals surface area contributed by atoms with E-state index in [9.17, 15) is 19.7 Å². The molecular formula is C25H25N7O4S2. The van der Waals surface area contributed by atoms with Gasteiger partial charge in [-0.3, -0.25) is 24.8 Å². The van der Waals surface area contributed by atoms with Gasteiger partial charge in [0.15, 0.2) is 5.13 Å². The van der Waals surface area contributed by atoms with Crippen molar-refractivity contribution in [1.29, 1.82) is 0 Å². The summed E-state index contributed by atoms with van der Waals surface area (Å²) < 4.78 is 0. The number of hydrogen-bond acceptors (Lipinski definition) is 9. The number of anilines is 1. The number of aromatic nitrogens is 4. The van der Waals surface area contributed by atoms with Crippen molar-refractivity contribution in [3.63, 3.8) is 0 Å². The number of aromatic amines is 1. The highest BCUT2D eigenvalue weighted by Gasteiger charge is 2.24. The largest absolute Gasteiger partial charge is 0.342 e. The molecule has 0 aliphatic carbocycles. The fourth-order valence-electron chi connectivity index (χ4n) is 3.47. The molecule has 13 heteroatoms. The van der Waals surface area contributed by atoms with Crippen LogP contribution >= 0.6 is 23.1 Å². The highest BCUT2D eigenvalue weighted by atomic mass is 32.2. The summed E-state index contributed by atoms with van der Waals surface area (Å²) in [5.74, 6) is -0.275. The Morgan fingerprint density at radius 1 is 1.16 bits per heavy atom. The van der Waals surface area contributed by atoms with Crippen LogP contribution in [0.4, 0.5) is 10.8 Å². The highest BCUT2D eigenvalue weighted by molar-refractivity contribution is 7.99. The van der Waals surface area contributed by atoms with Gasteiger partial charge in [-0.1, -0.05) is 61.5 Å². The molecule has 4 rings (SSSR count). The third-order valence-corrected chi connectivity index (χ3v) is 7.08. The van der Waals surface area contributed by atoms with Gasteiger partial charge in [-0.25, -0.2) is 9.97 Å². The summed E-state index contributed by atoms with van der Waals surface area (Å²) in [7, 11) is 0. The number of hydrogen-bond donors (Lipinski definition) is 3. The summed E-state index contributed by atoms with van der Waals surface area (Å²) >= 11 is 2.50. The molecule has 2 amide bonds. The van der Waals surface area contributed by atoms with Gasteiger partial charge in [0.2, 0.25) is 11.1 Å². The van der Waals surface area contributed by atoms with Gasteiger partial charge in [-0.05, 0) is 18.9 Å². The molecule has 196 valence electrons. The van der Waals surface area contributed by atoms with Crippen LogP contribution in [0.5, 0.6) is 0 Å². The Kier molecular flexibility index (Phi) is 8.48. The Morgan fingerprint density at radius 3 is 2.63 bits per heavy atom. The van der Waals surface area contributed by atoms with Crippen molar-refractivity contribution >= 4 is 45.7 Å². The molecule has 0 bridgehead atoms. The molecule has 0 aliphatic rings. The van der Waals surface area contributed by atoms with Crippen LogP contribution in [0.25, 0.3) is 11.3 Å². The number of H-pyrrole nitrogens is 1. The molecule has 0 unspecified atom stereocenters. The van der Waals surface area contributed by atoms with E-state index in [1.165, 1.54) is 35.6 Å². The number of aryl methyl sites for hydroxylation is 1. The fourth-order valence-corrected chi connectivity index (χ4v) is 4.81. The van der Waals surface area contributed by atoms with E-state index in [1.807, 2.05) is 50.4 Å². The third-order valence-electron chi connectivity index (χ3n) is 5.48. The van der Waals surface area contributed by atoms with E-state index in [1.54, 1.807) is 0 Å². The van der Waals surface area contributed by atoms with E-state index >= 15 is 0 Å². The molecule has 0 fully saturated rings. The first-order valence-corrected chi connectivity index (χ1v) is 13.5. The minimum atomic E-state index is -0.551. The number of nitrogens with one attached hydrogen (secondary N) is 3. The van der Waals surface area contributed by atoms with Crippen LogP contribution in [-0.2, 0) is 4.79 Å². The van der Waals surface area contributed by atoms with E-state index in [0.29, 0.717) is 16.1 Å². The molecule has 4 aromatic rings. The summed E-state index contributed by atoms with van der Waals surface area (Å²) in [6.45, 7) is 5.82. The zero-order chi connectivity index (χ0) is 27.2. The second-order valence-corrected chi connectivity index (χ2v) is 10.5. The number of non-ortho nitro benzene ring substituents is 1. The molecule has 0 radical (unpaired) electrons. The van der Waals surface area contributed by atoms with Crippen LogP contribution in [-0.4, -0.2) is 42.7 Å². The van der Waals surface area contributed by atoms with Crippen molar-refractivity contribution in [2.75, 3.05) is 11.1 Å². The summed E-state index contributed by atoms with van der Waals surface area (Å²) in [4.78, 5) is 44.6. The van der Waals surface area contributed by atoms with Gasteiger partial charge in [-0.15, -0.1) is 16.4 Å². The summed E-state index contributed by atoms with van der Waals surface area (Å²) in [5, 5.41) is 26.4. The molecule has 3 N–H and O–H groups in total. The topological polar surface area (TPSA) is 156 Å². The molecule has 0 saturated carbocycles. The maximum Gasteiger partial charge on any atom is 0.270 e. The average molecular weight is 552 g/mol. The molecule has 0 aliphatic heterocycles. The van der Waals surface area contributed by atoms with Crippen LogP contribution in [0.1, 0.15) is 41.6 Å². The third kappa shape index (κ3) is 6.81. The number of nitro benzene ring substituents is 1. The molecule has 2 heterocycles. The molecule has 2 aromatic heterocycles. The van der Waals surface area contributed by atoms with Gasteiger partial charge in [0.05, 0.1) is 22.4 Å². The van der Waals surface area contributed by atoms with Crippen molar-refractivity contribution in [1.82, 2.24) is 25.5 Å². The van der Waals surface area contributed by atoms with E-state index in [-0.39, 0.29) is 28.8 Å². The van der Waals surface area contributed by atoms with Gasteiger partial charge in [-0.2, -0.15) is 0 Å². The van der Waals surface area contributed by atoms with Crippen LogP contribution in [0.15, 0.2) is 59.1 Å². The van der Waals surface area contributed by atoms with Crippen LogP contribution in [0.2, 0.25) is 0 Å². The monoisotopic (exact) mass is 551 g/mol. The number of thiazole rings is 1. The lowest BCUT2D eigenvalue weighted by molar-refractivity contribution is -0.384. The Morgan fingerprint density at radius 2 is 1.92 bits per heavy atom. The summed E-state index contributed by atoms with van der Waals surface area (Å²) in [6, 6.07) is 13.0. The second kappa shape index (κ2) is 12.0. The van der Waals surface area contributed by atoms with Crippen molar-refractivity contribution in [3.8, 4) is 11.3 Å². The smallest absolute Gasteiger partial charge is 0.270 e. The number of carbonyl (C=O) groups excluding carboxylic acids is 2. The number of nitro groups is 1. The van der Waals surface area contributed by atoms with Crippen LogP contribution < -0.4 is 10.6 Å². The lowest BCUT2D eigenvalue weighted by atomic mass is 10.0. The van der Waals surface area contributed by atoms with Crippen LogP contribution in [0, 0.1) is 23.0 Å². The van der Waals surface area contributed by atoms with E-state index in [0.717, 1.165) is 28.6 Å². The Bertz CT molecular complexity index is 1450. The molecular weight excluding hydrogens is 526 g/mol. The maximum absolute atomic E-state index is 12.8. The van der Waals surface area contributed by atoms with Crippen molar-refractivity contribution in [3.05, 3.63) is 81.0 Å². The average Bonchev–Trinajstić information content (AvgIpc) is 3.56. The number of carbonyl (C=O) groups is 2. The zero-order valence-electron chi connectivity index (χ0n) is 20.8. The normalized spacial score (nSPS) is 11.8. The molecule has 0 spiro atoms. The van der Waals surface area contributed by atoms with Gasteiger partial charge in [0, 0.05) is 28.6 Å². The first-order valence-electron chi connectivity index (χ1n) is 11.6. The lowest BCUT2D eigenvalue weighted by Crippen LogP contribution is -2.32. The van der Waals surface area contributed by atoms with Crippen molar-refractivity contribution < 1.29 is 14.5 Å². The molecule has 11 nitrogen and oxygen atoms in total. The van der Waals surface area contributed by atoms with Gasteiger partial charge >= 0.3 is 0 Å². The fraction of sp³-hybridized carbons (Fsp3) is 0.240. The highest BCUT2D eigenvalue weighted by Crippen LogP contribution is 2.26. The lowest BCUT2D eigenvalue weighted by Gasteiger charge is -2.19. The first kappa shape index (κ1) is 26.9. The second-order valence-electron chi connectivity index (χ2n) is 8.75. The van der Waals surface area contributed by atoms with Crippen molar-refractivity contribution in [2.45, 2.75) is 32.0 Å². The predicted octanol–water partition coefficient (Wildman–Crippen LogP) is 5.00. The molecule has 38 heavy (non-hydrogen) atoms. The van der Waals surface area contributed by atoms with Gasteiger partial charge in [0.1, 0.15) is 5.82 Å².